The first-order chi connectivity index (χ1) is 17.0. The maximum Gasteiger partial charge on any atom is 0.338 e. The largest absolute Gasteiger partial charge is 0.504 e. The lowest BCUT2D eigenvalue weighted by Crippen LogP contribution is -2.29. The van der Waals surface area contributed by atoms with Crippen LogP contribution in [0.1, 0.15) is 24.1 Å². The van der Waals surface area contributed by atoms with Gasteiger partial charge in [0.15, 0.2) is 11.5 Å². The number of carbonyl (C=O) groups excluding carboxylic acids is 1. The predicted octanol–water partition coefficient (Wildman–Crippen LogP) is 4.75. The van der Waals surface area contributed by atoms with E-state index in [9.17, 15) is 9.90 Å². The minimum Gasteiger partial charge on any atom is -0.504 e. The number of rotatable bonds is 6. The monoisotopic (exact) mass is 471 g/mol. The number of carbonyl (C=O) groups is 1. The van der Waals surface area contributed by atoms with Gasteiger partial charge < -0.3 is 24.6 Å². The van der Waals surface area contributed by atoms with Crippen LogP contribution in [0.25, 0.3) is 16.7 Å². The summed E-state index contributed by atoms with van der Waals surface area (Å²) < 4.78 is 18.2. The van der Waals surface area contributed by atoms with Gasteiger partial charge in [-0.1, -0.05) is 18.2 Å². The maximum absolute atomic E-state index is 13.5. The van der Waals surface area contributed by atoms with Crippen LogP contribution in [0.5, 0.6) is 17.2 Å². The molecule has 0 radical (unpaired) electrons. The van der Waals surface area contributed by atoms with Crippen molar-refractivity contribution in [2.75, 3.05) is 26.1 Å². The van der Waals surface area contributed by atoms with E-state index in [1.54, 1.807) is 32.2 Å². The number of nitrogens with one attached hydrogen (secondary N) is 1. The van der Waals surface area contributed by atoms with Crippen LogP contribution >= 0.6 is 0 Å². The van der Waals surface area contributed by atoms with Crippen LogP contribution in [0, 0.1) is 0 Å². The van der Waals surface area contributed by atoms with E-state index in [0.717, 1.165) is 22.2 Å². The number of methoxy groups -OCH3 is 2. The third-order valence-electron chi connectivity index (χ3n) is 6.03. The van der Waals surface area contributed by atoms with Gasteiger partial charge in [0.1, 0.15) is 5.75 Å². The minimum atomic E-state index is -0.593. The smallest absolute Gasteiger partial charge is 0.338 e. The fourth-order valence-corrected chi connectivity index (χ4v) is 4.43. The number of anilines is 1. The van der Waals surface area contributed by atoms with Gasteiger partial charge in [0.2, 0.25) is 5.95 Å². The van der Waals surface area contributed by atoms with E-state index in [1.807, 2.05) is 53.1 Å². The number of benzene rings is 3. The van der Waals surface area contributed by atoms with E-state index in [1.165, 1.54) is 7.11 Å². The highest BCUT2D eigenvalue weighted by Crippen LogP contribution is 2.44. The molecule has 2 heterocycles. The topological polar surface area (TPSA) is 94.8 Å². The van der Waals surface area contributed by atoms with Gasteiger partial charge >= 0.3 is 5.97 Å². The number of aromatic hydroxyl groups is 1. The average Bonchev–Trinajstić information content (AvgIpc) is 3.26. The number of para-hydroxylation sites is 2. The van der Waals surface area contributed by atoms with Crippen molar-refractivity contribution >= 4 is 28.6 Å². The molecular formula is C27H25N3O5. The molecular weight excluding hydrogens is 446 g/mol. The number of ether oxygens (including phenoxy) is 3. The van der Waals surface area contributed by atoms with E-state index >= 15 is 0 Å². The molecule has 8 nitrogen and oxygen atoms in total. The quantitative estimate of drug-likeness (QED) is 0.392. The molecule has 1 unspecified atom stereocenters. The lowest BCUT2D eigenvalue weighted by molar-refractivity contribution is -0.138. The Morgan fingerprint density at radius 2 is 1.83 bits per heavy atom. The molecule has 5 rings (SSSR count). The summed E-state index contributed by atoms with van der Waals surface area (Å²) in [5, 5.41) is 13.6. The molecule has 0 aliphatic carbocycles. The molecule has 0 saturated carbocycles. The first kappa shape index (κ1) is 22.3. The van der Waals surface area contributed by atoms with Gasteiger partial charge in [-0.05, 0) is 66.6 Å². The zero-order valence-corrected chi connectivity index (χ0v) is 19.6. The Morgan fingerprint density at radius 1 is 1.06 bits per heavy atom. The van der Waals surface area contributed by atoms with Crippen molar-refractivity contribution in [3.8, 4) is 17.2 Å². The highest BCUT2D eigenvalue weighted by atomic mass is 16.5. The number of hydrogen-bond donors (Lipinski definition) is 2. The summed E-state index contributed by atoms with van der Waals surface area (Å²) in [7, 11) is 3.10. The van der Waals surface area contributed by atoms with E-state index in [-0.39, 0.29) is 12.4 Å². The molecule has 2 N–H and O–H groups in total. The van der Waals surface area contributed by atoms with Gasteiger partial charge in [0.25, 0.3) is 0 Å². The van der Waals surface area contributed by atoms with Crippen LogP contribution in [-0.2, 0) is 9.53 Å². The highest BCUT2D eigenvalue weighted by molar-refractivity contribution is 6.03. The minimum absolute atomic E-state index is 0.0120. The number of imidazole rings is 1. The molecule has 0 spiro atoms. The Kier molecular flexibility index (Phi) is 5.78. The number of phenols is 1. The summed E-state index contributed by atoms with van der Waals surface area (Å²) in [6.45, 7) is 2.00. The summed E-state index contributed by atoms with van der Waals surface area (Å²) in [6.07, 6.45) is 0. The van der Waals surface area contributed by atoms with Crippen LogP contribution in [0.2, 0.25) is 0 Å². The number of phenolic OH excluding ortho intramolecular Hbond substituents is 1. The molecule has 3 aromatic carbocycles. The SMILES string of the molecule is CCOC(=O)C1=C(c2ccc(OC)cc2)Nc2nc3ccccc3n2C1c1ccc(O)c(OC)c1. The van der Waals surface area contributed by atoms with Crippen molar-refractivity contribution in [1.82, 2.24) is 9.55 Å². The van der Waals surface area contributed by atoms with E-state index in [2.05, 4.69) is 5.32 Å². The fraction of sp³-hybridized carbons (Fsp3) is 0.185. The van der Waals surface area contributed by atoms with Crippen molar-refractivity contribution in [2.24, 2.45) is 0 Å². The number of hydrogen-bond acceptors (Lipinski definition) is 7. The van der Waals surface area contributed by atoms with Crippen molar-refractivity contribution < 1.29 is 24.1 Å². The zero-order chi connectivity index (χ0) is 24.5. The lowest BCUT2D eigenvalue weighted by atomic mass is 9.92. The van der Waals surface area contributed by atoms with Gasteiger partial charge in [-0.3, -0.25) is 4.57 Å². The van der Waals surface area contributed by atoms with Gasteiger partial charge in [-0.15, -0.1) is 0 Å². The molecule has 0 fully saturated rings. The molecule has 1 aliphatic heterocycles. The summed E-state index contributed by atoms with van der Waals surface area (Å²) in [4.78, 5) is 18.3. The Hall–Kier alpha value is -4.46. The van der Waals surface area contributed by atoms with Crippen LogP contribution in [0.4, 0.5) is 5.95 Å². The second kappa shape index (κ2) is 9.06. The van der Waals surface area contributed by atoms with Crippen LogP contribution in [0.15, 0.2) is 72.3 Å². The van der Waals surface area contributed by atoms with E-state index in [0.29, 0.717) is 28.7 Å². The molecule has 0 saturated heterocycles. The Balaban J connectivity index is 1.82. The predicted molar refractivity (Wildman–Crippen MR) is 133 cm³/mol. The Morgan fingerprint density at radius 3 is 2.54 bits per heavy atom. The van der Waals surface area contributed by atoms with Crippen molar-refractivity contribution in [2.45, 2.75) is 13.0 Å². The van der Waals surface area contributed by atoms with Gasteiger partial charge in [0.05, 0.1) is 49.2 Å². The molecule has 8 heteroatoms. The first-order valence-corrected chi connectivity index (χ1v) is 11.2. The van der Waals surface area contributed by atoms with Crippen LogP contribution < -0.4 is 14.8 Å². The van der Waals surface area contributed by atoms with Crippen LogP contribution in [0.3, 0.4) is 0 Å². The second-order valence-corrected chi connectivity index (χ2v) is 7.99. The molecule has 1 aliphatic rings. The molecule has 1 aromatic heterocycles. The van der Waals surface area contributed by atoms with Gasteiger partial charge in [-0.25, -0.2) is 9.78 Å². The molecule has 178 valence electrons. The molecule has 0 amide bonds. The number of fused-ring (bicyclic) bond motifs is 3. The highest BCUT2D eigenvalue weighted by Gasteiger charge is 2.37. The standard InChI is InChI=1S/C27H25N3O5/c1-4-35-26(32)23-24(16-9-12-18(33-2)13-10-16)29-27-28-19-7-5-6-8-20(19)30(27)25(23)17-11-14-21(31)22(15-17)34-3/h5-15,25,31H,4H2,1-3H3,(H,28,29). The summed E-state index contributed by atoms with van der Waals surface area (Å²) >= 11 is 0. The first-order valence-electron chi connectivity index (χ1n) is 11.2. The normalized spacial score (nSPS) is 14.9. The van der Waals surface area contributed by atoms with Gasteiger partial charge in [-0.2, -0.15) is 0 Å². The van der Waals surface area contributed by atoms with E-state index < -0.39 is 12.0 Å². The lowest BCUT2D eigenvalue weighted by Gasteiger charge is -2.31. The number of esters is 1. The van der Waals surface area contributed by atoms with Crippen molar-refractivity contribution in [3.63, 3.8) is 0 Å². The second-order valence-electron chi connectivity index (χ2n) is 7.99. The van der Waals surface area contributed by atoms with E-state index in [4.69, 9.17) is 19.2 Å². The molecule has 0 bridgehead atoms. The summed E-state index contributed by atoms with van der Waals surface area (Å²) in [5.41, 5.74) is 4.15. The molecule has 1 atom stereocenters. The molecule has 35 heavy (non-hydrogen) atoms. The van der Waals surface area contributed by atoms with Gasteiger partial charge in [0, 0.05) is 0 Å². The number of aromatic nitrogens is 2. The zero-order valence-electron chi connectivity index (χ0n) is 19.6. The maximum atomic E-state index is 13.5. The summed E-state index contributed by atoms with van der Waals surface area (Å²) in [5.74, 6) is 1.16. The third-order valence-corrected chi connectivity index (χ3v) is 6.03. The average molecular weight is 472 g/mol. The third kappa shape index (κ3) is 3.82. The fourth-order valence-electron chi connectivity index (χ4n) is 4.43. The Labute approximate surface area is 202 Å². The Bertz CT molecular complexity index is 1440. The van der Waals surface area contributed by atoms with Crippen molar-refractivity contribution in [1.29, 1.82) is 0 Å². The number of nitrogens with zero attached hydrogens (tertiary/aromatic N) is 2. The summed E-state index contributed by atoms with van der Waals surface area (Å²) in [6, 6.07) is 19.6. The molecule has 4 aromatic rings. The van der Waals surface area contributed by atoms with Crippen molar-refractivity contribution in [3.05, 3.63) is 83.4 Å². The van der Waals surface area contributed by atoms with Crippen LogP contribution in [-0.4, -0.2) is 41.5 Å².